The van der Waals surface area contributed by atoms with Gasteiger partial charge in [0.05, 0.1) is 11.1 Å². The van der Waals surface area contributed by atoms with Crippen molar-refractivity contribution in [3.05, 3.63) is 17.8 Å². The zero-order chi connectivity index (χ0) is 10.3. The zero-order valence-corrected chi connectivity index (χ0v) is 7.31. The van der Waals surface area contributed by atoms with Gasteiger partial charge in [-0.3, -0.25) is 0 Å². The summed E-state index contributed by atoms with van der Waals surface area (Å²) in [6.07, 6.45) is 1.45. The third-order valence-electron chi connectivity index (χ3n) is 1.80. The van der Waals surface area contributed by atoms with Crippen molar-refractivity contribution in [1.29, 1.82) is 0 Å². The maximum atomic E-state index is 10.7. The molecule has 0 radical (unpaired) electrons. The number of rotatable bonds is 1. The Morgan fingerprint density at radius 2 is 2.36 bits per heavy atom. The second-order valence-electron chi connectivity index (χ2n) is 2.79. The first kappa shape index (κ1) is 8.49. The van der Waals surface area contributed by atoms with E-state index in [1.54, 1.807) is 6.92 Å². The molecule has 72 valence electrons. The molecule has 0 saturated carbocycles. The number of anilines is 1. The summed E-state index contributed by atoms with van der Waals surface area (Å²) in [5.41, 5.74) is 5.80. The Balaban J connectivity index is 2.79. The number of carboxylic acid groups (broad SMARTS) is 1. The number of nitrogens with two attached hydrogens (primary N) is 1. The SMILES string of the molecule is Cc1ncc2c(N)c(C(=O)O)oc2n1. The minimum absolute atomic E-state index is 0.0625. The molecule has 3 N–H and O–H groups in total. The van der Waals surface area contributed by atoms with Gasteiger partial charge in [0.15, 0.2) is 0 Å². The smallest absolute Gasteiger partial charge is 0.374 e. The number of nitrogens with zero attached hydrogens (tertiary/aromatic N) is 2. The van der Waals surface area contributed by atoms with Gasteiger partial charge in [-0.2, -0.15) is 4.98 Å². The maximum absolute atomic E-state index is 10.7. The van der Waals surface area contributed by atoms with E-state index in [0.717, 1.165) is 0 Å². The lowest BCUT2D eigenvalue weighted by atomic mass is 10.3. The number of aromatic nitrogens is 2. The summed E-state index contributed by atoms with van der Waals surface area (Å²) in [5.74, 6) is -0.999. The van der Waals surface area contributed by atoms with Crippen LogP contribution in [0.1, 0.15) is 16.4 Å². The molecule has 2 aromatic heterocycles. The summed E-state index contributed by atoms with van der Waals surface area (Å²) >= 11 is 0. The summed E-state index contributed by atoms with van der Waals surface area (Å²) in [6.45, 7) is 1.68. The summed E-state index contributed by atoms with van der Waals surface area (Å²) in [7, 11) is 0. The van der Waals surface area contributed by atoms with Gasteiger partial charge in [0, 0.05) is 6.20 Å². The number of furan rings is 1. The molecule has 0 saturated heterocycles. The number of nitrogen functional groups attached to an aromatic ring is 1. The van der Waals surface area contributed by atoms with Crippen molar-refractivity contribution < 1.29 is 14.3 Å². The molecule has 0 fully saturated rings. The third kappa shape index (κ3) is 1.08. The molecule has 6 heteroatoms. The fourth-order valence-corrected chi connectivity index (χ4v) is 1.14. The standard InChI is InChI=1S/C8H7N3O3/c1-3-10-2-4-5(9)6(8(12)13)14-7(4)11-3/h2H,9H2,1H3,(H,12,13). The van der Waals surface area contributed by atoms with E-state index in [0.29, 0.717) is 11.2 Å². The predicted octanol–water partition coefficient (Wildman–Crippen LogP) is 0.812. The Labute approximate surface area is 78.4 Å². The number of fused-ring (bicyclic) bond motifs is 1. The van der Waals surface area contributed by atoms with Crippen molar-refractivity contribution in [1.82, 2.24) is 9.97 Å². The monoisotopic (exact) mass is 193 g/mol. The van der Waals surface area contributed by atoms with E-state index < -0.39 is 5.97 Å². The molecular weight excluding hydrogens is 186 g/mol. The van der Waals surface area contributed by atoms with E-state index in [-0.39, 0.29) is 17.2 Å². The van der Waals surface area contributed by atoms with Crippen LogP contribution >= 0.6 is 0 Å². The highest BCUT2D eigenvalue weighted by molar-refractivity contribution is 6.01. The van der Waals surface area contributed by atoms with Gasteiger partial charge in [-0.1, -0.05) is 0 Å². The highest BCUT2D eigenvalue weighted by Crippen LogP contribution is 2.25. The topological polar surface area (TPSA) is 102 Å². The summed E-state index contributed by atoms with van der Waals surface area (Å²) in [5, 5.41) is 9.14. The van der Waals surface area contributed by atoms with Gasteiger partial charge in [-0.15, -0.1) is 0 Å². The molecular formula is C8H7N3O3. The van der Waals surface area contributed by atoms with Crippen LogP contribution in [-0.2, 0) is 0 Å². The molecule has 0 aromatic carbocycles. The Bertz CT molecular complexity index is 518. The molecule has 2 rings (SSSR count). The van der Waals surface area contributed by atoms with Crippen molar-refractivity contribution in [3.8, 4) is 0 Å². The zero-order valence-electron chi connectivity index (χ0n) is 7.31. The van der Waals surface area contributed by atoms with Gasteiger partial charge >= 0.3 is 5.97 Å². The van der Waals surface area contributed by atoms with Gasteiger partial charge in [-0.25, -0.2) is 9.78 Å². The number of carbonyl (C=O) groups is 1. The fraction of sp³-hybridized carbons (Fsp3) is 0.125. The average molecular weight is 193 g/mol. The molecule has 0 aliphatic rings. The van der Waals surface area contributed by atoms with Crippen LogP contribution in [0.25, 0.3) is 11.1 Å². The first-order chi connectivity index (χ1) is 6.59. The minimum Gasteiger partial charge on any atom is -0.475 e. The lowest BCUT2D eigenvalue weighted by molar-refractivity contribution is 0.0666. The molecule has 2 aromatic rings. The van der Waals surface area contributed by atoms with Crippen molar-refractivity contribution in [3.63, 3.8) is 0 Å². The molecule has 2 heterocycles. The van der Waals surface area contributed by atoms with Crippen LogP contribution in [0.5, 0.6) is 0 Å². The van der Waals surface area contributed by atoms with Crippen LogP contribution < -0.4 is 5.73 Å². The van der Waals surface area contributed by atoms with E-state index in [9.17, 15) is 4.79 Å². The van der Waals surface area contributed by atoms with Gasteiger partial charge in [-0.05, 0) is 6.92 Å². The largest absolute Gasteiger partial charge is 0.475 e. The van der Waals surface area contributed by atoms with E-state index >= 15 is 0 Å². The lowest BCUT2D eigenvalue weighted by Gasteiger charge is -1.89. The molecule has 6 nitrogen and oxygen atoms in total. The van der Waals surface area contributed by atoms with Crippen LogP contribution in [0.3, 0.4) is 0 Å². The number of aromatic carboxylic acids is 1. The first-order valence-corrected chi connectivity index (χ1v) is 3.84. The lowest BCUT2D eigenvalue weighted by Crippen LogP contribution is -1.98. The number of aryl methyl sites for hydroxylation is 1. The van der Waals surface area contributed by atoms with Crippen LogP contribution in [0, 0.1) is 6.92 Å². The Hall–Kier alpha value is -2.11. The Morgan fingerprint density at radius 1 is 1.64 bits per heavy atom. The quantitative estimate of drug-likeness (QED) is 0.694. The van der Waals surface area contributed by atoms with Crippen LogP contribution in [0.4, 0.5) is 5.69 Å². The van der Waals surface area contributed by atoms with Crippen molar-refractivity contribution >= 4 is 22.8 Å². The highest BCUT2D eigenvalue weighted by Gasteiger charge is 2.18. The normalized spacial score (nSPS) is 10.6. The molecule has 0 unspecified atom stereocenters. The average Bonchev–Trinajstić information content (AvgIpc) is 2.43. The maximum Gasteiger partial charge on any atom is 0.374 e. The molecule has 0 atom stereocenters. The number of hydrogen-bond acceptors (Lipinski definition) is 5. The van der Waals surface area contributed by atoms with E-state index in [4.69, 9.17) is 15.3 Å². The molecule has 0 amide bonds. The number of carboxylic acids is 1. The van der Waals surface area contributed by atoms with Gasteiger partial charge in [0.1, 0.15) is 5.82 Å². The minimum atomic E-state index is -1.21. The molecule has 0 bridgehead atoms. The highest BCUT2D eigenvalue weighted by atomic mass is 16.4. The van der Waals surface area contributed by atoms with Gasteiger partial charge in [0.25, 0.3) is 0 Å². The van der Waals surface area contributed by atoms with Crippen LogP contribution in [-0.4, -0.2) is 21.0 Å². The van der Waals surface area contributed by atoms with E-state index in [1.807, 2.05) is 0 Å². The summed E-state index contributed by atoms with van der Waals surface area (Å²) in [6, 6.07) is 0. The molecule has 0 spiro atoms. The van der Waals surface area contributed by atoms with Crippen molar-refractivity contribution in [2.24, 2.45) is 0 Å². The Kier molecular flexibility index (Phi) is 1.63. The van der Waals surface area contributed by atoms with Crippen molar-refractivity contribution in [2.75, 3.05) is 5.73 Å². The van der Waals surface area contributed by atoms with Crippen LogP contribution in [0.15, 0.2) is 10.6 Å². The summed E-state index contributed by atoms with van der Waals surface area (Å²) < 4.78 is 4.97. The summed E-state index contributed by atoms with van der Waals surface area (Å²) in [4.78, 5) is 18.5. The second kappa shape index (κ2) is 2.69. The fourth-order valence-electron chi connectivity index (χ4n) is 1.14. The van der Waals surface area contributed by atoms with Crippen LogP contribution in [0.2, 0.25) is 0 Å². The van der Waals surface area contributed by atoms with Gasteiger partial charge < -0.3 is 15.3 Å². The van der Waals surface area contributed by atoms with Crippen molar-refractivity contribution in [2.45, 2.75) is 6.92 Å². The van der Waals surface area contributed by atoms with Gasteiger partial charge in [0.2, 0.25) is 11.5 Å². The second-order valence-corrected chi connectivity index (χ2v) is 2.79. The number of hydrogen-bond donors (Lipinski definition) is 2. The first-order valence-electron chi connectivity index (χ1n) is 3.84. The Morgan fingerprint density at radius 3 is 3.00 bits per heavy atom. The van der Waals surface area contributed by atoms with E-state index in [2.05, 4.69) is 9.97 Å². The predicted molar refractivity (Wildman–Crippen MR) is 47.9 cm³/mol. The molecule has 0 aliphatic carbocycles. The third-order valence-corrected chi connectivity index (χ3v) is 1.80. The van der Waals surface area contributed by atoms with E-state index in [1.165, 1.54) is 6.20 Å². The molecule has 0 aliphatic heterocycles. The molecule has 14 heavy (non-hydrogen) atoms.